The van der Waals surface area contributed by atoms with Crippen LogP contribution in [0.4, 0.5) is 5.82 Å². The summed E-state index contributed by atoms with van der Waals surface area (Å²) in [5.74, 6) is 0.907. The minimum absolute atomic E-state index is 0.293. The Morgan fingerprint density at radius 3 is 2.75 bits per heavy atom. The second-order valence-electron chi connectivity index (χ2n) is 4.13. The number of anilines is 1. The third kappa shape index (κ3) is 4.59. The molecule has 0 radical (unpaired) electrons. The minimum atomic E-state index is -0.293. The number of nitrogens with one attached hydrogen (secondary N) is 1. The zero-order chi connectivity index (χ0) is 12.0. The van der Waals surface area contributed by atoms with Gasteiger partial charge in [-0.1, -0.05) is 6.07 Å². The van der Waals surface area contributed by atoms with Crippen LogP contribution in [0, 0.1) is 0 Å². The molecule has 4 nitrogen and oxygen atoms in total. The number of aliphatic hydroxyl groups is 1. The Bertz CT molecular complexity index is 298. The third-order valence-corrected chi connectivity index (χ3v) is 2.21. The SMILES string of the molecule is CCNc1ccc(CN(C)CC(C)O)cn1. The van der Waals surface area contributed by atoms with Gasteiger partial charge in [0.2, 0.25) is 0 Å². The first-order valence-corrected chi connectivity index (χ1v) is 5.67. The molecule has 1 atom stereocenters. The van der Waals surface area contributed by atoms with Crippen molar-refractivity contribution in [2.24, 2.45) is 0 Å². The van der Waals surface area contributed by atoms with E-state index in [9.17, 15) is 5.11 Å². The standard InChI is InChI=1S/C12H21N3O/c1-4-13-12-6-5-11(7-14-12)9-15(3)8-10(2)16/h5-7,10,16H,4,8-9H2,1-3H3,(H,13,14). The molecule has 0 aliphatic carbocycles. The molecule has 0 aromatic carbocycles. The van der Waals surface area contributed by atoms with Gasteiger partial charge in [0.05, 0.1) is 6.10 Å². The first kappa shape index (κ1) is 12.9. The molecule has 0 bridgehead atoms. The summed E-state index contributed by atoms with van der Waals surface area (Å²) in [4.78, 5) is 6.38. The monoisotopic (exact) mass is 223 g/mol. The average molecular weight is 223 g/mol. The van der Waals surface area contributed by atoms with E-state index >= 15 is 0 Å². The van der Waals surface area contributed by atoms with Crippen LogP contribution >= 0.6 is 0 Å². The van der Waals surface area contributed by atoms with Crippen LogP contribution < -0.4 is 5.32 Å². The van der Waals surface area contributed by atoms with Crippen LogP contribution in [0.25, 0.3) is 0 Å². The Kier molecular flexibility index (Phi) is 5.22. The molecule has 0 saturated heterocycles. The maximum Gasteiger partial charge on any atom is 0.125 e. The summed E-state index contributed by atoms with van der Waals surface area (Å²) >= 11 is 0. The summed E-state index contributed by atoms with van der Waals surface area (Å²) in [5.41, 5.74) is 1.16. The van der Waals surface area contributed by atoms with E-state index < -0.39 is 0 Å². The fraction of sp³-hybridized carbons (Fsp3) is 0.583. The fourth-order valence-corrected chi connectivity index (χ4v) is 1.63. The van der Waals surface area contributed by atoms with Crippen molar-refractivity contribution in [2.75, 3.05) is 25.5 Å². The predicted octanol–water partition coefficient (Wildman–Crippen LogP) is 1.33. The summed E-state index contributed by atoms with van der Waals surface area (Å²) in [5, 5.41) is 12.4. The highest BCUT2D eigenvalue weighted by molar-refractivity contribution is 5.35. The number of hydrogen-bond donors (Lipinski definition) is 2. The zero-order valence-electron chi connectivity index (χ0n) is 10.3. The van der Waals surface area contributed by atoms with E-state index in [-0.39, 0.29) is 6.10 Å². The lowest BCUT2D eigenvalue weighted by atomic mass is 10.2. The van der Waals surface area contributed by atoms with E-state index in [0.29, 0.717) is 6.54 Å². The molecule has 2 N–H and O–H groups in total. The van der Waals surface area contributed by atoms with E-state index in [1.807, 2.05) is 26.2 Å². The average Bonchev–Trinajstić information content (AvgIpc) is 2.20. The Morgan fingerprint density at radius 1 is 1.50 bits per heavy atom. The van der Waals surface area contributed by atoms with Crippen molar-refractivity contribution in [2.45, 2.75) is 26.5 Å². The van der Waals surface area contributed by atoms with Gasteiger partial charge in [0.15, 0.2) is 0 Å². The number of pyridine rings is 1. The molecular formula is C12H21N3O. The van der Waals surface area contributed by atoms with Crippen LogP contribution in [0.2, 0.25) is 0 Å². The van der Waals surface area contributed by atoms with Crippen LogP contribution in [0.1, 0.15) is 19.4 Å². The molecule has 4 heteroatoms. The van der Waals surface area contributed by atoms with Crippen molar-refractivity contribution in [1.29, 1.82) is 0 Å². The molecule has 1 unspecified atom stereocenters. The van der Waals surface area contributed by atoms with Crippen molar-refractivity contribution in [1.82, 2.24) is 9.88 Å². The Balaban J connectivity index is 2.48. The third-order valence-electron chi connectivity index (χ3n) is 2.21. The minimum Gasteiger partial charge on any atom is -0.392 e. The van der Waals surface area contributed by atoms with Crippen LogP contribution in [0.15, 0.2) is 18.3 Å². The molecule has 0 aliphatic heterocycles. The van der Waals surface area contributed by atoms with Gasteiger partial charge in [-0.25, -0.2) is 4.98 Å². The predicted molar refractivity (Wildman–Crippen MR) is 66.4 cm³/mol. The van der Waals surface area contributed by atoms with Crippen molar-refractivity contribution >= 4 is 5.82 Å². The molecule has 1 heterocycles. The summed E-state index contributed by atoms with van der Waals surface area (Å²) < 4.78 is 0. The lowest BCUT2D eigenvalue weighted by Gasteiger charge is -2.18. The number of likely N-dealkylation sites (N-methyl/N-ethyl adjacent to an activating group) is 1. The highest BCUT2D eigenvalue weighted by atomic mass is 16.3. The second-order valence-corrected chi connectivity index (χ2v) is 4.13. The van der Waals surface area contributed by atoms with Gasteiger partial charge in [0.25, 0.3) is 0 Å². The van der Waals surface area contributed by atoms with Crippen molar-refractivity contribution in [3.8, 4) is 0 Å². The highest BCUT2D eigenvalue weighted by Crippen LogP contribution is 2.07. The number of aliphatic hydroxyl groups excluding tert-OH is 1. The quantitative estimate of drug-likeness (QED) is 0.764. The number of hydrogen-bond acceptors (Lipinski definition) is 4. The lowest BCUT2D eigenvalue weighted by molar-refractivity contribution is 0.138. The summed E-state index contributed by atoms with van der Waals surface area (Å²) in [7, 11) is 1.99. The number of nitrogens with zero attached hydrogens (tertiary/aromatic N) is 2. The van der Waals surface area contributed by atoms with Gasteiger partial charge in [-0.3, -0.25) is 4.90 Å². The van der Waals surface area contributed by atoms with E-state index in [1.165, 1.54) is 0 Å². The van der Waals surface area contributed by atoms with Crippen LogP contribution in [0.3, 0.4) is 0 Å². The maximum atomic E-state index is 9.25. The van der Waals surface area contributed by atoms with E-state index in [2.05, 4.69) is 21.3 Å². The molecule has 0 amide bonds. The first-order chi connectivity index (χ1) is 7.61. The van der Waals surface area contributed by atoms with Gasteiger partial charge >= 0.3 is 0 Å². The van der Waals surface area contributed by atoms with Gasteiger partial charge < -0.3 is 10.4 Å². The summed E-state index contributed by atoms with van der Waals surface area (Å²) in [6.07, 6.45) is 1.58. The van der Waals surface area contributed by atoms with Gasteiger partial charge in [0.1, 0.15) is 5.82 Å². The van der Waals surface area contributed by atoms with Gasteiger partial charge in [0, 0.05) is 25.8 Å². The topological polar surface area (TPSA) is 48.4 Å². The van der Waals surface area contributed by atoms with Gasteiger partial charge in [-0.15, -0.1) is 0 Å². The number of aromatic nitrogens is 1. The molecule has 0 fully saturated rings. The smallest absolute Gasteiger partial charge is 0.125 e. The Morgan fingerprint density at radius 2 is 2.25 bits per heavy atom. The lowest BCUT2D eigenvalue weighted by Crippen LogP contribution is -2.26. The van der Waals surface area contributed by atoms with Gasteiger partial charge in [-0.2, -0.15) is 0 Å². The van der Waals surface area contributed by atoms with E-state index in [4.69, 9.17) is 0 Å². The van der Waals surface area contributed by atoms with E-state index in [1.54, 1.807) is 6.92 Å². The van der Waals surface area contributed by atoms with Crippen molar-refractivity contribution in [3.63, 3.8) is 0 Å². The molecule has 90 valence electrons. The Labute approximate surface area is 97.3 Å². The van der Waals surface area contributed by atoms with Gasteiger partial charge in [-0.05, 0) is 32.5 Å². The Hall–Kier alpha value is -1.13. The van der Waals surface area contributed by atoms with Crippen molar-refractivity contribution < 1.29 is 5.11 Å². The fourth-order valence-electron chi connectivity index (χ4n) is 1.63. The molecule has 1 aromatic rings. The first-order valence-electron chi connectivity index (χ1n) is 5.67. The molecule has 0 spiro atoms. The van der Waals surface area contributed by atoms with Crippen molar-refractivity contribution in [3.05, 3.63) is 23.9 Å². The largest absolute Gasteiger partial charge is 0.392 e. The maximum absolute atomic E-state index is 9.25. The summed E-state index contributed by atoms with van der Waals surface area (Å²) in [6, 6.07) is 4.04. The van der Waals surface area contributed by atoms with Crippen LogP contribution in [0.5, 0.6) is 0 Å². The van der Waals surface area contributed by atoms with Crippen LogP contribution in [-0.2, 0) is 6.54 Å². The molecule has 16 heavy (non-hydrogen) atoms. The molecule has 0 aliphatic rings. The molecule has 1 rings (SSSR count). The molecular weight excluding hydrogens is 202 g/mol. The number of rotatable bonds is 6. The molecule has 0 saturated carbocycles. The normalized spacial score (nSPS) is 12.8. The highest BCUT2D eigenvalue weighted by Gasteiger charge is 2.04. The second kappa shape index (κ2) is 6.45. The van der Waals surface area contributed by atoms with E-state index in [0.717, 1.165) is 24.5 Å². The zero-order valence-corrected chi connectivity index (χ0v) is 10.3. The molecule has 1 aromatic heterocycles. The van der Waals surface area contributed by atoms with Crippen LogP contribution in [-0.4, -0.2) is 41.2 Å². The summed E-state index contributed by atoms with van der Waals surface area (Å²) in [6.45, 7) is 6.21.